The number of hydrogen-bond donors (Lipinski definition) is 1. The van der Waals surface area contributed by atoms with Crippen LogP contribution in [0.3, 0.4) is 0 Å². The highest BCUT2D eigenvalue weighted by atomic mass is 79.9. The minimum absolute atomic E-state index is 0.0461. The first kappa shape index (κ1) is 29.3. The van der Waals surface area contributed by atoms with E-state index in [1.807, 2.05) is 24.3 Å². The van der Waals surface area contributed by atoms with Crippen LogP contribution in [0.15, 0.2) is 49.6 Å². The molecule has 9 nitrogen and oxygen atoms in total. The van der Waals surface area contributed by atoms with Crippen molar-refractivity contribution in [3.8, 4) is 0 Å². The number of esters is 1. The van der Waals surface area contributed by atoms with Gasteiger partial charge in [0.1, 0.15) is 11.6 Å². The SMILES string of the molecule is C=CCCOC(=O)[C@H]1[C@@H]2OC3(CC2Br)C(C(=O)N(CC=C)c2ccc(N(CC)CC)cc2)N(CCO)C(=O)[C@H]13. The largest absolute Gasteiger partial charge is 0.465 e. The lowest BCUT2D eigenvalue weighted by molar-refractivity contribution is -0.154. The summed E-state index contributed by atoms with van der Waals surface area (Å²) in [5, 5.41) is 9.84. The van der Waals surface area contributed by atoms with E-state index in [1.165, 1.54) is 4.90 Å². The summed E-state index contributed by atoms with van der Waals surface area (Å²) in [5.41, 5.74) is 0.490. The molecule has 4 rings (SSSR count). The molecular formula is C29H38BrN3O6. The van der Waals surface area contributed by atoms with E-state index < -0.39 is 35.6 Å². The van der Waals surface area contributed by atoms with Crippen LogP contribution in [0, 0.1) is 11.8 Å². The Balaban J connectivity index is 1.70. The number of benzene rings is 1. The molecule has 1 aromatic carbocycles. The maximum absolute atomic E-state index is 14.4. The Morgan fingerprint density at radius 2 is 1.87 bits per heavy atom. The number of likely N-dealkylation sites (tertiary alicyclic amines) is 1. The van der Waals surface area contributed by atoms with Crippen molar-refractivity contribution in [1.82, 2.24) is 4.90 Å². The van der Waals surface area contributed by atoms with Gasteiger partial charge in [0.15, 0.2) is 0 Å². The van der Waals surface area contributed by atoms with Crippen LogP contribution in [0.2, 0.25) is 0 Å². The van der Waals surface area contributed by atoms with Crippen molar-refractivity contribution in [2.75, 3.05) is 49.2 Å². The second-order valence-corrected chi connectivity index (χ2v) is 11.3. The highest BCUT2D eigenvalue weighted by molar-refractivity contribution is 9.09. The topological polar surface area (TPSA) is 99.6 Å². The molecule has 1 spiro atoms. The van der Waals surface area contributed by atoms with Crippen molar-refractivity contribution in [2.45, 2.75) is 49.3 Å². The summed E-state index contributed by atoms with van der Waals surface area (Å²) in [6, 6.07) is 6.70. The number of carbonyl (C=O) groups excluding carboxylic acids is 3. The fraction of sp³-hybridized carbons (Fsp3) is 0.552. The number of hydrogen-bond acceptors (Lipinski definition) is 7. The lowest BCUT2D eigenvalue weighted by Gasteiger charge is -2.37. The first-order valence-electron chi connectivity index (χ1n) is 13.6. The average molecular weight is 605 g/mol. The molecule has 3 aliphatic heterocycles. The summed E-state index contributed by atoms with van der Waals surface area (Å²) in [6.07, 6.45) is 3.57. The quantitative estimate of drug-likeness (QED) is 0.160. The Bertz CT molecular complexity index is 1090. The van der Waals surface area contributed by atoms with Gasteiger partial charge in [-0.2, -0.15) is 0 Å². The molecular weight excluding hydrogens is 566 g/mol. The molecule has 1 aromatic rings. The Labute approximate surface area is 238 Å². The molecule has 0 saturated carbocycles. The second kappa shape index (κ2) is 12.2. The maximum atomic E-state index is 14.4. The number of aliphatic hydroxyl groups is 1. The molecule has 10 heteroatoms. The van der Waals surface area contributed by atoms with Gasteiger partial charge in [0, 0.05) is 42.4 Å². The number of rotatable bonds is 13. The molecule has 3 saturated heterocycles. The number of fused-ring (bicyclic) bond motifs is 1. The number of nitrogens with zero attached hydrogens (tertiary/aromatic N) is 3. The summed E-state index contributed by atoms with van der Waals surface area (Å²) in [4.78, 5) is 46.4. The molecule has 3 aliphatic rings. The van der Waals surface area contributed by atoms with Crippen LogP contribution in [0.25, 0.3) is 0 Å². The molecule has 0 radical (unpaired) electrons. The number of ether oxygens (including phenoxy) is 2. The normalized spacial score (nSPS) is 28.8. The zero-order valence-electron chi connectivity index (χ0n) is 22.6. The predicted molar refractivity (Wildman–Crippen MR) is 153 cm³/mol. The number of aliphatic hydroxyl groups excluding tert-OH is 1. The van der Waals surface area contributed by atoms with Crippen LogP contribution < -0.4 is 9.80 Å². The van der Waals surface area contributed by atoms with Crippen molar-refractivity contribution in [1.29, 1.82) is 0 Å². The molecule has 3 heterocycles. The highest BCUT2D eigenvalue weighted by Crippen LogP contribution is 2.60. The number of anilines is 2. The molecule has 2 amide bonds. The zero-order chi connectivity index (χ0) is 28.3. The summed E-state index contributed by atoms with van der Waals surface area (Å²) in [7, 11) is 0. The summed E-state index contributed by atoms with van der Waals surface area (Å²) >= 11 is 3.65. The van der Waals surface area contributed by atoms with Crippen molar-refractivity contribution >= 4 is 45.1 Å². The third-order valence-electron chi connectivity index (χ3n) is 8.07. The van der Waals surface area contributed by atoms with Gasteiger partial charge >= 0.3 is 5.97 Å². The number of β-amino-alcohol motifs (C(OH)–C–C–N with tert-alkyl or cyclic N) is 1. The molecule has 1 N–H and O–H groups in total. The molecule has 0 aromatic heterocycles. The van der Waals surface area contributed by atoms with E-state index in [-0.39, 0.29) is 42.9 Å². The van der Waals surface area contributed by atoms with Gasteiger partial charge in [-0.05, 0) is 51.0 Å². The molecule has 3 fully saturated rings. The first-order valence-corrected chi connectivity index (χ1v) is 14.5. The van der Waals surface area contributed by atoms with E-state index in [4.69, 9.17) is 9.47 Å². The van der Waals surface area contributed by atoms with Crippen LogP contribution in [0.1, 0.15) is 26.7 Å². The molecule has 2 bridgehead atoms. The van der Waals surface area contributed by atoms with E-state index in [9.17, 15) is 19.5 Å². The number of alkyl halides is 1. The van der Waals surface area contributed by atoms with E-state index in [2.05, 4.69) is 47.8 Å². The van der Waals surface area contributed by atoms with Crippen molar-refractivity contribution in [2.24, 2.45) is 11.8 Å². The van der Waals surface area contributed by atoms with E-state index in [0.717, 1.165) is 18.8 Å². The predicted octanol–water partition coefficient (Wildman–Crippen LogP) is 2.91. The monoisotopic (exact) mass is 603 g/mol. The van der Waals surface area contributed by atoms with Gasteiger partial charge in [0.2, 0.25) is 5.91 Å². The lowest BCUT2D eigenvalue weighted by Crippen LogP contribution is -2.57. The average Bonchev–Trinajstić information content (AvgIpc) is 3.52. The van der Waals surface area contributed by atoms with E-state index >= 15 is 0 Å². The fourth-order valence-corrected chi connectivity index (χ4v) is 7.34. The Morgan fingerprint density at radius 1 is 1.21 bits per heavy atom. The van der Waals surface area contributed by atoms with Crippen molar-refractivity contribution in [3.05, 3.63) is 49.6 Å². The fourth-order valence-electron chi connectivity index (χ4n) is 6.40. The molecule has 0 aliphatic carbocycles. The standard InChI is InChI=1S/C29H38BrN3O6/c1-5-9-17-38-28(37)22-23-26(35)33(15-16-34)25(29(23)18-21(30)24(22)39-29)27(36)32(14-6-2)20-12-10-19(11-13-20)31(7-3)8-4/h5-6,10-13,21-25,34H,1-2,7-9,14-18H2,3-4H3/t21?,22-,23+,24-,25?,29?/m1/s1. The van der Waals surface area contributed by atoms with Gasteiger partial charge in [0.25, 0.3) is 5.91 Å². The van der Waals surface area contributed by atoms with Crippen LogP contribution in [0.4, 0.5) is 11.4 Å². The molecule has 6 atom stereocenters. The minimum atomic E-state index is -1.22. The summed E-state index contributed by atoms with van der Waals surface area (Å²) in [5.74, 6) is -2.94. The lowest BCUT2D eigenvalue weighted by atomic mass is 9.70. The smallest absolute Gasteiger partial charge is 0.312 e. The van der Waals surface area contributed by atoms with Crippen LogP contribution in [-0.2, 0) is 23.9 Å². The molecule has 39 heavy (non-hydrogen) atoms. The van der Waals surface area contributed by atoms with Gasteiger partial charge in [-0.3, -0.25) is 14.4 Å². The summed E-state index contributed by atoms with van der Waals surface area (Å²) in [6.45, 7) is 13.4. The summed E-state index contributed by atoms with van der Waals surface area (Å²) < 4.78 is 11.9. The van der Waals surface area contributed by atoms with Gasteiger partial charge in [-0.1, -0.05) is 28.1 Å². The van der Waals surface area contributed by atoms with Crippen LogP contribution in [-0.4, -0.2) is 89.8 Å². The van der Waals surface area contributed by atoms with Gasteiger partial charge in [0.05, 0.1) is 31.2 Å². The van der Waals surface area contributed by atoms with Crippen molar-refractivity contribution in [3.63, 3.8) is 0 Å². The van der Waals surface area contributed by atoms with Gasteiger partial charge in [-0.25, -0.2) is 0 Å². The third kappa shape index (κ3) is 5.02. The number of halogens is 1. The maximum Gasteiger partial charge on any atom is 0.312 e. The van der Waals surface area contributed by atoms with Gasteiger partial charge < -0.3 is 29.3 Å². The number of amides is 2. The Hall–Kier alpha value is -2.69. The third-order valence-corrected chi connectivity index (χ3v) is 8.91. The van der Waals surface area contributed by atoms with Gasteiger partial charge in [-0.15, -0.1) is 13.2 Å². The minimum Gasteiger partial charge on any atom is -0.465 e. The molecule has 212 valence electrons. The number of carbonyl (C=O) groups is 3. The van der Waals surface area contributed by atoms with Crippen molar-refractivity contribution < 1.29 is 29.0 Å². The van der Waals surface area contributed by atoms with Crippen LogP contribution >= 0.6 is 15.9 Å². The Kier molecular flexibility index (Phi) is 9.18. The zero-order valence-corrected chi connectivity index (χ0v) is 24.2. The van der Waals surface area contributed by atoms with Crippen LogP contribution in [0.5, 0.6) is 0 Å². The first-order chi connectivity index (χ1) is 18.8. The molecule has 3 unspecified atom stereocenters. The second-order valence-electron chi connectivity index (χ2n) is 10.1. The Morgan fingerprint density at radius 3 is 2.46 bits per heavy atom. The van der Waals surface area contributed by atoms with E-state index in [1.54, 1.807) is 17.1 Å². The van der Waals surface area contributed by atoms with E-state index in [0.29, 0.717) is 18.5 Å². The highest BCUT2D eigenvalue weighted by Gasteiger charge is 2.77.